The highest BCUT2D eigenvalue weighted by Crippen LogP contribution is 2.04. The van der Waals surface area contributed by atoms with Crippen LogP contribution in [0.4, 0.5) is 0 Å². The zero-order valence-electron chi connectivity index (χ0n) is 4.32. The molecule has 0 N–H and O–H groups in total. The van der Waals surface area contributed by atoms with Gasteiger partial charge in [0.1, 0.15) is 0 Å². The van der Waals surface area contributed by atoms with Gasteiger partial charge >= 0.3 is 0 Å². The maximum absolute atomic E-state index is 9.50. The van der Waals surface area contributed by atoms with Crippen LogP contribution in [0.5, 0.6) is 0 Å². The summed E-state index contributed by atoms with van der Waals surface area (Å²) < 4.78 is 0. The van der Waals surface area contributed by atoms with Crippen molar-refractivity contribution in [3.05, 3.63) is 10.6 Å². The fourth-order valence-electron chi connectivity index (χ4n) is 0.123. The molecule has 38 valence electrons. The van der Waals surface area contributed by atoms with E-state index in [1.807, 2.05) is 13.2 Å². The van der Waals surface area contributed by atoms with Crippen LogP contribution in [0.2, 0.25) is 0 Å². The zero-order chi connectivity index (χ0) is 5.70. The fourth-order valence-corrected chi connectivity index (χ4v) is 0.267. The first kappa shape index (κ1) is 6.58. The van der Waals surface area contributed by atoms with Crippen LogP contribution >= 0.6 is 11.8 Å². The largest absolute Gasteiger partial charge is 0.224 e. The fraction of sp³-hybridized carbons (Fsp3) is 0.400. The van der Waals surface area contributed by atoms with Crippen LogP contribution < -0.4 is 0 Å². The molecule has 0 saturated carbocycles. The van der Waals surface area contributed by atoms with Crippen molar-refractivity contribution in [2.24, 2.45) is 0 Å². The van der Waals surface area contributed by atoms with Gasteiger partial charge in [-0.3, -0.25) is 0 Å². The molecule has 0 aliphatic carbocycles. The highest BCUT2D eigenvalue weighted by Gasteiger charge is 1.74. The summed E-state index contributed by atoms with van der Waals surface area (Å²) in [5.74, 6) is 1.56. The summed E-state index contributed by atoms with van der Waals surface area (Å²) in [4.78, 5) is 10.4. The van der Waals surface area contributed by atoms with Crippen LogP contribution in [0.25, 0.3) is 0 Å². The Morgan fingerprint density at radius 1 is 1.71 bits per heavy atom. The molecule has 0 amide bonds. The third kappa shape index (κ3) is 3.41. The maximum Gasteiger partial charge on any atom is 0.177 e. The molecule has 2 heteroatoms. The number of allylic oxidation sites excluding steroid dienone is 1. The number of carbonyl (C=O) groups excluding carboxylic acids is 1. The van der Waals surface area contributed by atoms with Crippen LogP contribution in [-0.4, -0.2) is 12.2 Å². The molecule has 0 aliphatic heterocycles. The molecule has 0 spiro atoms. The highest BCUT2D eigenvalue weighted by molar-refractivity contribution is 8.02. The van der Waals surface area contributed by atoms with Crippen molar-refractivity contribution in [3.63, 3.8) is 0 Å². The van der Waals surface area contributed by atoms with Crippen LogP contribution in [-0.2, 0) is 4.79 Å². The zero-order valence-corrected chi connectivity index (χ0v) is 5.13. The van der Waals surface area contributed by atoms with Gasteiger partial charge in [-0.25, -0.2) is 4.79 Å². The Kier molecular flexibility index (Phi) is 3.53. The first-order valence-corrected chi connectivity index (χ1v) is 3.04. The van der Waals surface area contributed by atoms with E-state index in [1.54, 1.807) is 5.94 Å². The van der Waals surface area contributed by atoms with Crippen molar-refractivity contribution in [1.82, 2.24) is 0 Å². The van der Waals surface area contributed by atoms with Crippen molar-refractivity contribution >= 4 is 17.7 Å². The van der Waals surface area contributed by atoms with Gasteiger partial charge in [0.2, 0.25) is 0 Å². The van der Waals surface area contributed by atoms with Gasteiger partial charge < -0.3 is 0 Å². The number of rotatable bonds is 1. The van der Waals surface area contributed by atoms with E-state index in [4.69, 9.17) is 0 Å². The molecule has 0 rings (SSSR count). The molecule has 0 aliphatic rings. The summed E-state index contributed by atoms with van der Waals surface area (Å²) in [6, 6.07) is 0. The van der Waals surface area contributed by atoms with E-state index >= 15 is 0 Å². The van der Waals surface area contributed by atoms with Crippen LogP contribution in [0.15, 0.2) is 10.6 Å². The van der Waals surface area contributed by atoms with Crippen molar-refractivity contribution in [1.29, 1.82) is 0 Å². The predicted molar refractivity (Wildman–Crippen MR) is 31.9 cm³/mol. The van der Waals surface area contributed by atoms with Gasteiger partial charge in [-0.15, -0.1) is 11.8 Å². The minimum absolute atomic E-state index is 0.870. The summed E-state index contributed by atoms with van der Waals surface area (Å²) in [5, 5.41) is 0. The predicted octanol–water partition coefficient (Wildman–Crippen LogP) is 1.24. The van der Waals surface area contributed by atoms with E-state index in [-0.39, 0.29) is 0 Å². The van der Waals surface area contributed by atoms with E-state index in [0.29, 0.717) is 0 Å². The Morgan fingerprint density at radius 3 is 2.43 bits per heavy atom. The third-order valence-electron chi connectivity index (χ3n) is 0.533. The molecular formula is C5H6OS. The maximum atomic E-state index is 9.50. The van der Waals surface area contributed by atoms with Gasteiger partial charge in [-0.2, -0.15) is 0 Å². The Morgan fingerprint density at radius 2 is 2.29 bits per heavy atom. The topological polar surface area (TPSA) is 17.1 Å². The monoisotopic (exact) mass is 114 g/mol. The Hall–Kier alpha value is -0.420. The SMILES string of the molecule is CSC(C)=C=C=O. The molecule has 0 aromatic carbocycles. The summed E-state index contributed by atoms with van der Waals surface area (Å²) in [6.45, 7) is 1.82. The minimum Gasteiger partial charge on any atom is -0.224 e. The van der Waals surface area contributed by atoms with Crippen molar-refractivity contribution in [2.45, 2.75) is 6.92 Å². The van der Waals surface area contributed by atoms with Crippen LogP contribution in [0.3, 0.4) is 0 Å². The summed E-state index contributed by atoms with van der Waals surface area (Å²) in [5.41, 5.74) is 2.37. The lowest BCUT2D eigenvalue weighted by Crippen LogP contribution is -1.55. The normalized spacial score (nSPS) is 6.57. The van der Waals surface area contributed by atoms with Gasteiger partial charge in [0.25, 0.3) is 0 Å². The number of thioether (sulfide) groups is 1. The third-order valence-corrected chi connectivity index (χ3v) is 1.25. The molecule has 0 aromatic rings. The van der Waals surface area contributed by atoms with Crippen LogP contribution in [0, 0.1) is 0 Å². The Balaban J connectivity index is 4.01. The van der Waals surface area contributed by atoms with E-state index in [0.717, 1.165) is 4.91 Å². The lowest BCUT2D eigenvalue weighted by molar-refractivity contribution is 0.569. The number of hydrogen-bond acceptors (Lipinski definition) is 2. The summed E-state index contributed by atoms with van der Waals surface area (Å²) >= 11 is 1.49. The highest BCUT2D eigenvalue weighted by atomic mass is 32.2. The van der Waals surface area contributed by atoms with Gasteiger partial charge in [0.05, 0.1) is 0 Å². The second kappa shape index (κ2) is 3.76. The second-order valence-corrected chi connectivity index (χ2v) is 2.01. The first-order chi connectivity index (χ1) is 3.31. The Bertz CT molecular complexity index is 127. The number of hydrogen-bond donors (Lipinski definition) is 0. The lowest BCUT2D eigenvalue weighted by atomic mass is 10.7. The van der Waals surface area contributed by atoms with E-state index in [2.05, 4.69) is 5.73 Å². The molecule has 0 bridgehead atoms. The summed E-state index contributed by atoms with van der Waals surface area (Å²) in [6.07, 6.45) is 1.89. The average molecular weight is 114 g/mol. The molecule has 0 unspecified atom stereocenters. The van der Waals surface area contributed by atoms with Crippen molar-refractivity contribution in [3.8, 4) is 0 Å². The average Bonchev–Trinajstić information content (AvgIpc) is 1.68. The molecule has 0 atom stereocenters. The standard InChI is InChI=1S/C5H6OS/c1-5(7-2)3-4-6/h1-2H3. The second-order valence-electron chi connectivity index (χ2n) is 0.987. The molecule has 0 radical (unpaired) electrons. The molecule has 0 saturated heterocycles. The van der Waals surface area contributed by atoms with Crippen molar-refractivity contribution in [2.75, 3.05) is 6.26 Å². The quantitative estimate of drug-likeness (QED) is 0.377. The van der Waals surface area contributed by atoms with Gasteiger partial charge in [0, 0.05) is 4.91 Å². The first-order valence-electron chi connectivity index (χ1n) is 1.82. The van der Waals surface area contributed by atoms with Gasteiger partial charge in [-0.05, 0) is 18.9 Å². The molecule has 1 nitrogen and oxygen atoms in total. The molecular weight excluding hydrogens is 108 g/mol. The van der Waals surface area contributed by atoms with E-state index < -0.39 is 0 Å². The minimum atomic E-state index is 0.870. The molecule has 0 aromatic heterocycles. The molecule has 0 heterocycles. The van der Waals surface area contributed by atoms with Gasteiger partial charge in [0.15, 0.2) is 5.94 Å². The smallest absolute Gasteiger partial charge is 0.177 e. The molecule has 0 fully saturated rings. The van der Waals surface area contributed by atoms with E-state index in [1.165, 1.54) is 11.8 Å². The van der Waals surface area contributed by atoms with Crippen LogP contribution in [0.1, 0.15) is 6.92 Å². The van der Waals surface area contributed by atoms with E-state index in [9.17, 15) is 4.79 Å². The summed E-state index contributed by atoms with van der Waals surface area (Å²) in [7, 11) is 0. The lowest BCUT2D eigenvalue weighted by Gasteiger charge is -1.79. The van der Waals surface area contributed by atoms with Gasteiger partial charge in [-0.1, -0.05) is 0 Å². The van der Waals surface area contributed by atoms with Crippen molar-refractivity contribution < 1.29 is 4.79 Å². The Labute approximate surface area is 47.1 Å². The molecule has 7 heavy (non-hydrogen) atoms.